The Bertz CT molecular complexity index is 192. The Kier molecular flexibility index (Phi) is 3.85. The third-order valence-electron chi connectivity index (χ3n) is 2.34. The first-order chi connectivity index (χ1) is 5.83. The molecule has 0 bridgehead atoms. The third-order valence-corrected chi connectivity index (χ3v) is 2.34. The first-order valence-corrected chi connectivity index (χ1v) is 4.80. The molecule has 1 aromatic heterocycles. The van der Waals surface area contributed by atoms with E-state index in [-0.39, 0.29) is 0 Å². The molecule has 0 saturated carbocycles. The van der Waals surface area contributed by atoms with Gasteiger partial charge in [0.25, 0.3) is 0 Å². The van der Waals surface area contributed by atoms with Crippen molar-refractivity contribution in [3.8, 4) is 0 Å². The molecule has 0 radical (unpaired) electrons. The highest BCUT2D eigenvalue weighted by molar-refractivity contribution is 4.77. The maximum atomic E-state index is 4.16. The van der Waals surface area contributed by atoms with E-state index < -0.39 is 0 Å². The minimum Gasteiger partial charge on any atom is -0.273 e. The van der Waals surface area contributed by atoms with Crippen LogP contribution in [0, 0.1) is 5.92 Å². The zero-order valence-corrected chi connectivity index (χ0v) is 8.03. The summed E-state index contributed by atoms with van der Waals surface area (Å²) in [6.45, 7) is 5.62. The Balaban J connectivity index is 2.11. The second kappa shape index (κ2) is 4.96. The van der Waals surface area contributed by atoms with Crippen molar-refractivity contribution in [1.29, 1.82) is 0 Å². The molecule has 0 aliphatic rings. The Morgan fingerprint density at radius 3 is 2.92 bits per heavy atom. The molecule has 1 heterocycles. The summed E-state index contributed by atoms with van der Waals surface area (Å²) >= 11 is 0. The average molecular weight is 166 g/mol. The van der Waals surface area contributed by atoms with E-state index >= 15 is 0 Å². The molecule has 1 unspecified atom stereocenters. The summed E-state index contributed by atoms with van der Waals surface area (Å²) in [6, 6.07) is 1.98. The van der Waals surface area contributed by atoms with E-state index in [1.165, 1.54) is 19.3 Å². The largest absolute Gasteiger partial charge is 0.273 e. The molecule has 0 amide bonds. The fourth-order valence-corrected chi connectivity index (χ4v) is 1.24. The van der Waals surface area contributed by atoms with Gasteiger partial charge in [-0.3, -0.25) is 4.68 Å². The van der Waals surface area contributed by atoms with Gasteiger partial charge in [0.1, 0.15) is 0 Å². The number of hydrogen-bond acceptors (Lipinski definition) is 1. The molecule has 0 aliphatic heterocycles. The van der Waals surface area contributed by atoms with Crippen LogP contribution in [0.2, 0.25) is 0 Å². The third kappa shape index (κ3) is 3.07. The van der Waals surface area contributed by atoms with Crippen molar-refractivity contribution < 1.29 is 0 Å². The Labute approximate surface area is 74.6 Å². The number of aryl methyl sites for hydroxylation is 1. The highest BCUT2D eigenvalue weighted by atomic mass is 15.3. The van der Waals surface area contributed by atoms with Crippen LogP contribution in [0.1, 0.15) is 33.1 Å². The van der Waals surface area contributed by atoms with Gasteiger partial charge in [-0.1, -0.05) is 20.3 Å². The summed E-state index contributed by atoms with van der Waals surface area (Å²) < 4.78 is 2.00. The SMILES string of the molecule is CCC(C)CCCn1cccn1. The zero-order valence-electron chi connectivity index (χ0n) is 8.03. The number of aromatic nitrogens is 2. The van der Waals surface area contributed by atoms with Gasteiger partial charge in [-0.15, -0.1) is 0 Å². The summed E-state index contributed by atoms with van der Waals surface area (Å²) in [6.07, 6.45) is 7.71. The van der Waals surface area contributed by atoms with Gasteiger partial charge in [-0.05, 0) is 24.8 Å². The van der Waals surface area contributed by atoms with Gasteiger partial charge in [0.2, 0.25) is 0 Å². The molecule has 1 aromatic rings. The standard InChI is InChI=1S/C10H18N2/c1-3-10(2)6-4-8-12-9-5-7-11-12/h5,7,9-10H,3-4,6,8H2,1-2H3. The van der Waals surface area contributed by atoms with Crippen LogP contribution in [-0.2, 0) is 6.54 Å². The molecule has 12 heavy (non-hydrogen) atoms. The van der Waals surface area contributed by atoms with E-state index in [9.17, 15) is 0 Å². The number of nitrogens with zero attached hydrogens (tertiary/aromatic N) is 2. The lowest BCUT2D eigenvalue weighted by atomic mass is 10.0. The van der Waals surface area contributed by atoms with E-state index in [2.05, 4.69) is 18.9 Å². The fourth-order valence-electron chi connectivity index (χ4n) is 1.24. The van der Waals surface area contributed by atoms with Crippen molar-refractivity contribution in [3.05, 3.63) is 18.5 Å². The van der Waals surface area contributed by atoms with E-state index in [4.69, 9.17) is 0 Å². The Morgan fingerprint density at radius 1 is 1.50 bits per heavy atom. The minimum atomic E-state index is 0.862. The predicted molar refractivity (Wildman–Crippen MR) is 50.9 cm³/mol. The monoisotopic (exact) mass is 166 g/mol. The van der Waals surface area contributed by atoms with Gasteiger partial charge in [-0.2, -0.15) is 5.10 Å². The van der Waals surface area contributed by atoms with Gasteiger partial charge in [0.15, 0.2) is 0 Å². The van der Waals surface area contributed by atoms with Gasteiger partial charge >= 0.3 is 0 Å². The molecule has 0 spiro atoms. The lowest BCUT2D eigenvalue weighted by Gasteiger charge is -2.07. The predicted octanol–water partition coefficient (Wildman–Crippen LogP) is 2.71. The normalized spacial score (nSPS) is 13.2. The molecule has 0 aliphatic carbocycles. The highest BCUT2D eigenvalue weighted by Gasteiger charge is 1.98. The van der Waals surface area contributed by atoms with Crippen molar-refractivity contribution in [2.24, 2.45) is 5.92 Å². The van der Waals surface area contributed by atoms with Crippen LogP contribution in [0.25, 0.3) is 0 Å². The van der Waals surface area contributed by atoms with Crippen LogP contribution in [0.3, 0.4) is 0 Å². The van der Waals surface area contributed by atoms with Gasteiger partial charge in [-0.25, -0.2) is 0 Å². The van der Waals surface area contributed by atoms with Crippen LogP contribution < -0.4 is 0 Å². The van der Waals surface area contributed by atoms with E-state index in [1.54, 1.807) is 0 Å². The summed E-state index contributed by atoms with van der Waals surface area (Å²) in [4.78, 5) is 0. The molecule has 0 aromatic carbocycles. The van der Waals surface area contributed by atoms with E-state index in [0.717, 1.165) is 12.5 Å². The molecule has 0 fully saturated rings. The summed E-state index contributed by atoms with van der Waals surface area (Å²) in [5, 5.41) is 4.16. The van der Waals surface area contributed by atoms with Crippen LogP contribution in [0.5, 0.6) is 0 Å². The molecular formula is C10H18N2. The van der Waals surface area contributed by atoms with Gasteiger partial charge in [0, 0.05) is 18.9 Å². The maximum absolute atomic E-state index is 4.16. The lowest BCUT2D eigenvalue weighted by molar-refractivity contribution is 0.455. The summed E-state index contributed by atoms with van der Waals surface area (Å²) in [7, 11) is 0. The minimum absolute atomic E-state index is 0.862. The molecule has 2 nitrogen and oxygen atoms in total. The number of rotatable bonds is 5. The molecule has 68 valence electrons. The van der Waals surface area contributed by atoms with Crippen LogP contribution in [-0.4, -0.2) is 9.78 Å². The smallest absolute Gasteiger partial charge is 0.0489 e. The van der Waals surface area contributed by atoms with Crippen LogP contribution in [0.15, 0.2) is 18.5 Å². The molecule has 1 atom stereocenters. The van der Waals surface area contributed by atoms with Crippen molar-refractivity contribution in [2.45, 2.75) is 39.7 Å². The second-order valence-electron chi connectivity index (χ2n) is 3.42. The van der Waals surface area contributed by atoms with Crippen LogP contribution >= 0.6 is 0 Å². The molecule has 0 N–H and O–H groups in total. The quantitative estimate of drug-likeness (QED) is 0.657. The van der Waals surface area contributed by atoms with Crippen molar-refractivity contribution in [3.63, 3.8) is 0 Å². The first kappa shape index (κ1) is 9.30. The zero-order chi connectivity index (χ0) is 8.81. The molecule has 2 heteroatoms. The molecule has 1 rings (SSSR count). The lowest BCUT2D eigenvalue weighted by Crippen LogP contribution is -2.00. The van der Waals surface area contributed by atoms with E-state index in [0.29, 0.717) is 0 Å². The van der Waals surface area contributed by atoms with Gasteiger partial charge in [0.05, 0.1) is 0 Å². The van der Waals surface area contributed by atoms with E-state index in [1.807, 2.05) is 23.1 Å². The summed E-state index contributed by atoms with van der Waals surface area (Å²) in [5.41, 5.74) is 0. The van der Waals surface area contributed by atoms with Crippen molar-refractivity contribution in [2.75, 3.05) is 0 Å². The summed E-state index contributed by atoms with van der Waals surface area (Å²) in [5.74, 6) is 0.862. The molecule has 0 saturated heterocycles. The Hall–Kier alpha value is -0.790. The second-order valence-corrected chi connectivity index (χ2v) is 3.42. The van der Waals surface area contributed by atoms with Gasteiger partial charge < -0.3 is 0 Å². The molecular weight excluding hydrogens is 148 g/mol. The fraction of sp³-hybridized carbons (Fsp3) is 0.700. The topological polar surface area (TPSA) is 17.8 Å². The Morgan fingerprint density at radius 2 is 2.33 bits per heavy atom. The van der Waals surface area contributed by atoms with Crippen molar-refractivity contribution in [1.82, 2.24) is 9.78 Å². The highest BCUT2D eigenvalue weighted by Crippen LogP contribution is 2.09. The maximum Gasteiger partial charge on any atom is 0.0489 e. The number of hydrogen-bond donors (Lipinski definition) is 0. The van der Waals surface area contributed by atoms with Crippen molar-refractivity contribution >= 4 is 0 Å². The average Bonchev–Trinajstić information content (AvgIpc) is 2.57. The first-order valence-electron chi connectivity index (χ1n) is 4.80. The van der Waals surface area contributed by atoms with Crippen LogP contribution in [0.4, 0.5) is 0 Å².